The highest BCUT2D eigenvalue weighted by molar-refractivity contribution is 9.09. The second kappa shape index (κ2) is 9.70. The van der Waals surface area contributed by atoms with Crippen LogP contribution in [0.1, 0.15) is 53.9 Å². The highest BCUT2D eigenvalue weighted by Crippen LogP contribution is 2.16. The van der Waals surface area contributed by atoms with E-state index in [-0.39, 0.29) is 0 Å². The Labute approximate surface area is 116 Å². The minimum absolute atomic E-state index is 0.775. The summed E-state index contributed by atoms with van der Waals surface area (Å²) in [5, 5.41) is 0.945. The Kier molecular flexibility index (Phi) is 9.53. The molecule has 0 aliphatic rings. The third-order valence-corrected chi connectivity index (χ3v) is 3.37. The van der Waals surface area contributed by atoms with Gasteiger partial charge in [-0.05, 0) is 52.9 Å². The lowest BCUT2D eigenvalue weighted by molar-refractivity contribution is 0.544. The van der Waals surface area contributed by atoms with Gasteiger partial charge in [0.15, 0.2) is 0 Å². The van der Waals surface area contributed by atoms with E-state index in [0.29, 0.717) is 0 Å². The molecule has 1 heteroatoms. The number of hydrogen-bond acceptors (Lipinski definition) is 0. The molecule has 0 aromatic carbocycles. The Hall–Kier alpha value is -0.300. The molecule has 0 aliphatic heterocycles. The Morgan fingerprint density at radius 2 is 1.59 bits per heavy atom. The first-order valence-corrected chi connectivity index (χ1v) is 7.62. The largest absolute Gasteiger partial charge is 0.0883 e. The Balaban J connectivity index is 4.05. The predicted octanol–water partition coefficient (Wildman–Crippen LogP) is 6.05. The van der Waals surface area contributed by atoms with Gasteiger partial charge in [0, 0.05) is 5.33 Å². The van der Waals surface area contributed by atoms with Crippen LogP contribution in [0.4, 0.5) is 0 Å². The second-order valence-corrected chi connectivity index (χ2v) is 5.78. The predicted molar refractivity (Wildman–Crippen MR) is 83.8 cm³/mol. The molecule has 0 nitrogen and oxygen atoms in total. The summed E-state index contributed by atoms with van der Waals surface area (Å²) in [6.07, 6.45) is 10.6. The molecule has 0 rings (SSSR count). The number of rotatable bonds is 7. The highest BCUT2D eigenvalue weighted by atomic mass is 79.9. The zero-order valence-electron chi connectivity index (χ0n) is 12.0. The summed E-state index contributed by atoms with van der Waals surface area (Å²) in [5.41, 5.74) is 4.23. The second-order valence-electron chi connectivity index (χ2n) is 5.13. The molecule has 0 aromatic heterocycles. The summed E-state index contributed by atoms with van der Waals surface area (Å²) in [4.78, 5) is 0. The molecule has 0 amide bonds. The smallest absolute Gasteiger partial charge is 0.0217 e. The third kappa shape index (κ3) is 9.41. The van der Waals surface area contributed by atoms with Crippen molar-refractivity contribution in [2.45, 2.75) is 53.9 Å². The van der Waals surface area contributed by atoms with Crippen LogP contribution >= 0.6 is 15.9 Å². The summed E-state index contributed by atoms with van der Waals surface area (Å²) < 4.78 is 0. The summed E-state index contributed by atoms with van der Waals surface area (Å²) in [7, 11) is 0. The molecule has 0 aromatic rings. The van der Waals surface area contributed by atoms with Crippen molar-refractivity contribution in [2.24, 2.45) is 5.92 Å². The van der Waals surface area contributed by atoms with E-state index in [1.54, 1.807) is 0 Å². The van der Waals surface area contributed by atoms with Gasteiger partial charge in [-0.2, -0.15) is 0 Å². The minimum atomic E-state index is 0.775. The topological polar surface area (TPSA) is 0 Å². The van der Waals surface area contributed by atoms with Crippen LogP contribution in [0, 0.1) is 5.92 Å². The molecule has 0 saturated carbocycles. The standard InChI is InChI=1S/C16H27Br/c1-13(2)7-6-8-14(3)9-10-15(4)16(5)11-12-17/h7,10-11,14H,6,8-9,12H2,1-5H3. The van der Waals surface area contributed by atoms with E-state index in [1.165, 1.54) is 36.0 Å². The average Bonchev–Trinajstić information content (AvgIpc) is 2.25. The normalized spacial score (nSPS) is 14.7. The van der Waals surface area contributed by atoms with Gasteiger partial charge in [-0.15, -0.1) is 0 Å². The molecule has 98 valence electrons. The van der Waals surface area contributed by atoms with Crippen LogP contribution in [-0.2, 0) is 0 Å². The van der Waals surface area contributed by atoms with E-state index in [0.717, 1.165) is 11.2 Å². The monoisotopic (exact) mass is 298 g/mol. The first-order valence-electron chi connectivity index (χ1n) is 6.50. The van der Waals surface area contributed by atoms with E-state index >= 15 is 0 Å². The van der Waals surface area contributed by atoms with Crippen LogP contribution in [0.5, 0.6) is 0 Å². The maximum atomic E-state index is 3.44. The fourth-order valence-electron chi connectivity index (χ4n) is 1.59. The molecule has 0 fully saturated rings. The highest BCUT2D eigenvalue weighted by Gasteiger charge is 2.00. The zero-order chi connectivity index (χ0) is 13.3. The van der Waals surface area contributed by atoms with Crippen LogP contribution in [0.15, 0.2) is 34.9 Å². The van der Waals surface area contributed by atoms with Crippen molar-refractivity contribution >= 4 is 15.9 Å². The van der Waals surface area contributed by atoms with Crippen molar-refractivity contribution in [3.05, 3.63) is 34.9 Å². The van der Waals surface area contributed by atoms with Gasteiger partial charge < -0.3 is 0 Å². The van der Waals surface area contributed by atoms with Gasteiger partial charge in [0.2, 0.25) is 0 Å². The molecule has 0 bridgehead atoms. The number of alkyl halides is 1. The molecule has 0 spiro atoms. The molecular weight excluding hydrogens is 272 g/mol. The lowest BCUT2D eigenvalue weighted by Gasteiger charge is -2.08. The summed E-state index contributed by atoms with van der Waals surface area (Å²) in [6, 6.07) is 0. The van der Waals surface area contributed by atoms with Gasteiger partial charge in [0.1, 0.15) is 0 Å². The van der Waals surface area contributed by atoms with Crippen LogP contribution < -0.4 is 0 Å². The van der Waals surface area contributed by atoms with Gasteiger partial charge in [-0.1, -0.05) is 57.8 Å². The molecule has 1 atom stereocenters. The van der Waals surface area contributed by atoms with Crippen molar-refractivity contribution < 1.29 is 0 Å². The van der Waals surface area contributed by atoms with Crippen LogP contribution in [0.2, 0.25) is 0 Å². The SMILES string of the molecule is CC(C)=CCCC(C)CC=C(C)C(C)=CCBr. The number of allylic oxidation sites excluding steroid dienone is 6. The van der Waals surface area contributed by atoms with Gasteiger partial charge in [-0.3, -0.25) is 0 Å². The Morgan fingerprint density at radius 3 is 2.12 bits per heavy atom. The Morgan fingerprint density at radius 1 is 1.00 bits per heavy atom. The lowest BCUT2D eigenvalue weighted by Crippen LogP contribution is -1.93. The fraction of sp³-hybridized carbons (Fsp3) is 0.625. The molecule has 0 heterocycles. The van der Waals surface area contributed by atoms with Gasteiger partial charge in [0.25, 0.3) is 0 Å². The summed E-state index contributed by atoms with van der Waals surface area (Å²) in [5.74, 6) is 0.775. The van der Waals surface area contributed by atoms with Crippen molar-refractivity contribution in [3.63, 3.8) is 0 Å². The van der Waals surface area contributed by atoms with Crippen LogP contribution in [0.25, 0.3) is 0 Å². The van der Waals surface area contributed by atoms with E-state index in [1.807, 2.05) is 0 Å². The molecule has 17 heavy (non-hydrogen) atoms. The maximum absolute atomic E-state index is 3.44. The van der Waals surface area contributed by atoms with Crippen LogP contribution in [0.3, 0.4) is 0 Å². The zero-order valence-corrected chi connectivity index (χ0v) is 13.6. The molecule has 1 unspecified atom stereocenters. The molecular formula is C16H27Br. The van der Waals surface area contributed by atoms with Crippen molar-refractivity contribution in [1.29, 1.82) is 0 Å². The molecule has 0 saturated heterocycles. The quantitative estimate of drug-likeness (QED) is 0.305. The van der Waals surface area contributed by atoms with Gasteiger partial charge in [-0.25, -0.2) is 0 Å². The number of halogens is 1. The number of hydrogen-bond donors (Lipinski definition) is 0. The Bertz CT molecular complexity index is 291. The summed E-state index contributed by atoms with van der Waals surface area (Å²) >= 11 is 3.44. The average molecular weight is 299 g/mol. The van der Waals surface area contributed by atoms with E-state index in [4.69, 9.17) is 0 Å². The third-order valence-electron chi connectivity index (χ3n) is 3.04. The van der Waals surface area contributed by atoms with E-state index < -0.39 is 0 Å². The van der Waals surface area contributed by atoms with Crippen LogP contribution in [-0.4, -0.2) is 5.33 Å². The maximum Gasteiger partial charge on any atom is 0.0217 e. The van der Waals surface area contributed by atoms with Crippen molar-refractivity contribution in [3.8, 4) is 0 Å². The molecule has 0 aliphatic carbocycles. The minimum Gasteiger partial charge on any atom is -0.0883 e. The van der Waals surface area contributed by atoms with Gasteiger partial charge >= 0.3 is 0 Å². The van der Waals surface area contributed by atoms with Crippen molar-refractivity contribution in [2.75, 3.05) is 5.33 Å². The first-order chi connectivity index (χ1) is 7.97. The van der Waals surface area contributed by atoms with Gasteiger partial charge in [0.05, 0.1) is 0 Å². The van der Waals surface area contributed by atoms with Crippen molar-refractivity contribution in [1.82, 2.24) is 0 Å². The van der Waals surface area contributed by atoms with E-state index in [2.05, 4.69) is 68.8 Å². The van der Waals surface area contributed by atoms with E-state index in [9.17, 15) is 0 Å². The molecule has 0 radical (unpaired) electrons. The first kappa shape index (κ1) is 16.7. The fourth-order valence-corrected chi connectivity index (χ4v) is 2.08. The molecule has 0 N–H and O–H groups in total. The summed E-state index contributed by atoms with van der Waals surface area (Å²) in [6.45, 7) is 11.1. The lowest BCUT2D eigenvalue weighted by atomic mass is 9.98.